The van der Waals surface area contributed by atoms with Crippen LogP contribution in [0.25, 0.3) is 22.4 Å². The Kier molecular flexibility index (Phi) is 5.28. The largest absolute Gasteiger partial charge is 0.496 e. The summed E-state index contributed by atoms with van der Waals surface area (Å²) >= 11 is 1.26. The Bertz CT molecular complexity index is 1300. The number of hydrogen-bond donors (Lipinski definition) is 0. The maximum atomic E-state index is 12.9. The molecule has 0 unspecified atom stereocenters. The van der Waals surface area contributed by atoms with Crippen molar-refractivity contribution in [2.45, 2.75) is 0 Å². The van der Waals surface area contributed by atoms with Gasteiger partial charge < -0.3 is 18.9 Å². The molecule has 0 amide bonds. The summed E-state index contributed by atoms with van der Waals surface area (Å²) in [7, 11) is 6.21. The Balaban J connectivity index is 1.82. The molecule has 0 atom stereocenters. The molecule has 0 spiro atoms. The van der Waals surface area contributed by atoms with Gasteiger partial charge in [-0.05, 0) is 24.3 Å². The fraction of sp³-hybridized carbons (Fsp3) is 0.190. The van der Waals surface area contributed by atoms with Crippen LogP contribution in [0.5, 0.6) is 23.0 Å². The lowest BCUT2D eigenvalue weighted by Crippen LogP contribution is -2.23. The molecule has 0 aliphatic carbocycles. The first-order valence-electron chi connectivity index (χ1n) is 8.94. The van der Waals surface area contributed by atoms with Gasteiger partial charge in [0.25, 0.3) is 5.56 Å². The first kappa shape index (κ1) is 19.7. The van der Waals surface area contributed by atoms with Crippen molar-refractivity contribution >= 4 is 22.4 Å². The van der Waals surface area contributed by atoms with Gasteiger partial charge in [-0.2, -0.15) is 9.50 Å². The molecule has 0 aliphatic heterocycles. The summed E-state index contributed by atoms with van der Waals surface area (Å²) in [6.07, 6.45) is 1.78. The zero-order chi connectivity index (χ0) is 21.3. The smallest absolute Gasteiger partial charge is 0.291 e. The normalized spacial score (nSPS) is 11.7. The minimum absolute atomic E-state index is 0.243. The van der Waals surface area contributed by atoms with Gasteiger partial charge in [-0.15, -0.1) is 5.10 Å². The van der Waals surface area contributed by atoms with E-state index >= 15 is 0 Å². The van der Waals surface area contributed by atoms with Crippen LogP contribution in [0.2, 0.25) is 0 Å². The maximum absolute atomic E-state index is 12.9. The molecule has 4 aromatic rings. The van der Waals surface area contributed by atoms with Crippen LogP contribution in [0.15, 0.2) is 41.2 Å². The molecule has 154 valence electrons. The molecule has 0 N–H and O–H groups in total. The van der Waals surface area contributed by atoms with E-state index in [0.717, 1.165) is 5.56 Å². The van der Waals surface area contributed by atoms with E-state index in [1.54, 1.807) is 25.3 Å². The first-order valence-corrected chi connectivity index (χ1v) is 9.76. The van der Waals surface area contributed by atoms with E-state index in [1.807, 2.05) is 24.3 Å². The molecule has 0 aliphatic rings. The Morgan fingerprint density at radius 3 is 2.20 bits per heavy atom. The van der Waals surface area contributed by atoms with Crippen molar-refractivity contribution in [1.82, 2.24) is 14.6 Å². The van der Waals surface area contributed by atoms with Crippen LogP contribution < -0.4 is 29.0 Å². The lowest BCUT2D eigenvalue weighted by atomic mass is 10.1. The molecular weight excluding hydrogens is 406 g/mol. The van der Waals surface area contributed by atoms with E-state index in [1.165, 1.54) is 37.2 Å². The predicted octanol–water partition coefficient (Wildman–Crippen LogP) is 2.40. The number of methoxy groups -OCH3 is 4. The third-order valence-electron chi connectivity index (χ3n) is 4.53. The minimum Gasteiger partial charge on any atom is -0.496 e. The van der Waals surface area contributed by atoms with E-state index in [0.29, 0.717) is 43.9 Å². The first-order chi connectivity index (χ1) is 14.6. The molecule has 0 radical (unpaired) electrons. The highest BCUT2D eigenvalue weighted by molar-refractivity contribution is 7.15. The van der Waals surface area contributed by atoms with E-state index in [4.69, 9.17) is 18.9 Å². The molecule has 0 bridgehead atoms. The van der Waals surface area contributed by atoms with Crippen molar-refractivity contribution < 1.29 is 18.9 Å². The maximum Gasteiger partial charge on any atom is 0.291 e. The summed E-state index contributed by atoms with van der Waals surface area (Å²) in [5, 5.41) is 4.39. The van der Waals surface area contributed by atoms with Crippen LogP contribution in [-0.4, -0.2) is 43.0 Å². The van der Waals surface area contributed by atoms with Gasteiger partial charge in [0.1, 0.15) is 5.75 Å². The summed E-state index contributed by atoms with van der Waals surface area (Å²) in [6.45, 7) is 0. The van der Waals surface area contributed by atoms with Crippen LogP contribution >= 0.6 is 11.3 Å². The lowest BCUT2D eigenvalue weighted by Gasteiger charge is -2.12. The number of aromatic nitrogens is 3. The van der Waals surface area contributed by atoms with Gasteiger partial charge in [-0.1, -0.05) is 29.5 Å². The Labute approximate surface area is 175 Å². The topological polar surface area (TPSA) is 84.2 Å². The second-order valence-electron chi connectivity index (χ2n) is 6.20. The van der Waals surface area contributed by atoms with E-state index in [2.05, 4.69) is 10.1 Å². The van der Waals surface area contributed by atoms with Crippen molar-refractivity contribution in [2.75, 3.05) is 28.4 Å². The van der Waals surface area contributed by atoms with Crippen LogP contribution in [0.1, 0.15) is 5.56 Å². The molecule has 0 fully saturated rings. The number of ether oxygens (including phenoxy) is 4. The van der Waals surface area contributed by atoms with Crippen LogP contribution in [0, 0.1) is 0 Å². The monoisotopic (exact) mass is 425 g/mol. The quantitative estimate of drug-likeness (QED) is 0.469. The molecule has 30 heavy (non-hydrogen) atoms. The number of thiazole rings is 1. The minimum atomic E-state index is -0.243. The van der Waals surface area contributed by atoms with Crippen LogP contribution in [-0.2, 0) is 0 Å². The second kappa shape index (κ2) is 8.03. The van der Waals surface area contributed by atoms with Gasteiger partial charge >= 0.3 is 0 Å². The number of fused-ring (bicyclic) bond motifs is 1. The Morgan fingerprint density at radius 1 is 0.933 bits per heavy atom. The fourth-order valence-corrected chi connectivity index (χ4v) is 3.99. The zero-order valence-corrected chi connectivity index (χ0v) is 17.6. The number of benzene rings is 2. The van der Waals surface area contributed by atoms with Crippen molar-refractivity contribution in [3.05, 3.63) is 56.8 Å². The summed E-state index contributed by atoms with van der Waals surface area (Å²) < 4.78 is 23.3. The van der Waals surface area contributed by atoms with Crippen molar-refractivity contribution in [1.29, 1.82) is 0 Å². The predicted molar refractivity (Wildman–Crippen MR) is 114 cm³/mol. The number of para-hydroxylation sites is 1. The number of nitrogens with zero attached hydrogens (tertiary/aromatic N) is 3. The SMILES string of the molecule is COc1ccccc1/C=c1/sc2nc(-c3cc(OC)c(OC)c(OC)c3)nn2c1=O. The van der Waals surface area contributed by atoms with Gasteiger partial charge in [0.15, 0.2) is 17.3 Å². The van der Waals surface area contributed by atoms with E-state index in [9.17, 15) is 4.79 Å². The summed E-state index contributed by atoms with van der Waals surface area (Å²) in [5.41, 5.74) is 1.22. The molecule has 2 heterocycles. The molecular formula is C21H19N3O5S. The van der Waals surface area contributed by atoms with Crippen LogP contribution in [0.3, 0.4) is 0 Å². The molecule has 9 heteroatoms. The third kappa shape index (κ3) is 3.33. The summed E-state index contributed by atoms with van der Waals surface area (Å²) in [4.78, 5) is 17.9. The highest BCUT2D eigenvalue weighted by Crippen LogP contribution is 2.40. The van der Waals surface area contributed by atoms with Crippen molar-refractivity contribution in [3.63, 3.8) is 0 Å². The molecule has 4 rings (SSSR count). The van der Waals surface area contributed by atoms with E-state index < -0.39 is 0 Å². The average molecular weight is 425 g/mol. The molecule has 2 aromatic heterocycles. The van der Waals surface area contributed by atoms with Crippen LogP contribution in [0.4, 0.5) is 0 Å². The molecule has 2 aromatic carbocycles. The van der Waals surface area contributed by atoms with Gasteiger partial charge in [-0.3, -0.25) is 4.79 Å². The zero-order valence-electron chi connectivity index (χ0n) is 16.8. The average Bonchev–Trinajstić information content (AvgIpc) is 3.32. The van der Waals surface area contributed by atoms with Gasteiger partial charge in [0.05, 0.1) is 33.0 Å². The summed E-state index contributed by atoms with van der Waals surface area (Å²) in [6, 6.07) is 11.0. The second-order valence-corrected chi connectivity index (χ2v) is 7.21. The van der Waals surface area contributed by atoms with Crippen molar-refractivity contribution in [3.8, 4) is 34.4 Å². The lowest BCUT2D eigenvalue weighted by molar-refractivity contribution is 0.324. The van der Waals surface area contributed by atoms with E-state index in [-0.39, 0.29) is 5.56 Å². The van der Waals surface area contributed by atoms with Crippen molar-refractivity contribution in [2.24, 2.45) is 0 Å². The third-order valence-corrected chi connectivity index (χ3v) is 5.49. The van der Waals surface area contributed by atoms with Gasteiger partial charge in [-0.25, -0.2) is 0 Å². The fourth-order valence-electron chi connectivity index (χ4n) is 3.09. The van der Waals surface area contributed by atoms with Gasteiger partial charge in [0.2, 0.25) is 10.7 Å². The Hall–Kier alpha value is -3.59. The number of rotatable bonds is 6. The highest BCUT2D eigenvalue weighted by atomic mass is 32.1. The number of hydrogen-bond acceptors (Lipinski definition) is 8. The molecule has 0 saturated heterocycles. The van der Waals surface area contributed by atoms with Gasteiger partial charge in [0, 0.05) is 11.1 Å². The molecule has 0 saturated carbocycles. The Morgan fingerprint density at radius 2 is 1.60 bits per heavy atom. The molecule has 8 nitrogen and oxygen atoms in total. The highest BCUT2D eigenvalue weighted by Gasteiger charge is 2.18. The summed E-state index contributed by atoms with van der Waals surface area (Å²) in [5.74, 6) is 2.52. The standard InChI is InChI=1S/C21H19N3O5S/c1-26-14-8-6-5-7-12(14)11-17-20(25)24-21(30-17)22-19(23-24)13-9-15(27-2)18(29-4)16(10-13)28-3/h5-11H,1-4H3/b17-11+.